The zero-order valence-electron chi connectivity index (χ0n) is 12.3. The summed E-state index contributed by atoms with van der Waals surface area (Å²) in [6.45, 7) is 7.99. The Morgan fingerprint density at radius 2 is 1.90 bits per heavy atom. The van der Waals surface area contributed by atoms with Gasteiger partial charge in [-0.05, 0) is 6.54 Å². The Morgan fingerprint density at radius 1 is 1.29 bits per heavy atom. The number of nitrogen functional groups attached to an aromatic ring is 1. The van der Waals surface area contributed by atoms with Crippen molar-refractivity contribution in [2.24, 2.45) is 0 Å². The van der Waals surface area contributed by atoms with Crippen LogP contribution in [0.2, 0.25) is 0 Å². The molecule has 6 nitrogen and oxygen atoms in total. The quantitative estimate of drug-likeness (QED) is 0.891. The molecule has 0 unspecified atom stereocenters. The number of thiophene rings is 1. The minimum atomic E-state index is -3.44. The minimum absolute atomic E-state index is 0.0132. The van der Waals surface area contributed by atoms with Gasteiger partial charge in [-0.15, -0.1) is 11.3 Å². The standard InChI is InChI=1S/C13H20N4O2S2/c1-3-16-5-7-17(8-6-16)13-12(21(18,19)4-2)11(15)10(9-14)20-13/h3-8,15H2,1-2H3. The predicted octanol–water partition coefficient (Wildman–Crippen LogP) is 1.14. The summed E-state index contributed by atoms with van der Waals surface area (Å²) in [4.78, 5) is 4.79. The Balaban J connectivity index is 2.43. The largest absolute Gasteiger partial charge is 0.396 e. The van der Waals surface area contributed by atoms with E-state index in [1.165, 1.54) is 11.3 Å². The van der Waals surface area contributed by atoms with Gasteiger partial charge < -0.3 is 15.5 Å². The van der Waals surface area contributed by atoms with E-state index >= 15 is 0 Å². The number of piperazine rings is 1. The molecule has 0 aromatic carbocycles. The maximum absolute atomic E-state index is 12.3. The van der Waals surface area contributed by atoms with Crippen molar-refractivity contribution >= 4 is 31.9 Å². The van der Waals surface area contributed by atoms with E-state index in [0.717, 1.165) is 32.7 Å². The van der Waals surface area contributed by atoms with Crippen LogP contribution in [0, 0.1) is 11.3 Å². The summed E-state index contributed by atoms with van der Waals surface area (Å²) in [6, 6.07) is 2.00. The molecule has 1 aromatic heterocycles. The molecule has 0 atom stereocenters. The molecule has 0 bridgehead atoms. The second-order valence-corrected chi connectivity index (χ2v) is 8.13. The lowest BCUT2D eigenvalue weighted by Crippen LogP contribution is -2.46. The number of hydrogen-bond acceptors (Lipinski definition) is 7. The number of rotatable bonds is 4. The van der Waals surface area contributed by atoms with Gasteiger partial charge in [-0.2, -0.15) is 5.26 Å². The highest BCUT2D eigenvalue weighted by Crippen LogP contribution is 2.41. The van der Waals surface area contributed by atoms with Crippen molar-refractivity contribution in [1.82, 2.24) is 4.90 Å². The van der Waals surface area contributed by atoms with E-state index in [1.54, 1.807) is 6.92 Å². The van der Waals surface area contributed by atoms with Crippen molar-refractivity contribution in [3.05, 3.63) is 4.88 Å². The van der Waals surface area contributed by atoms with E-state index in [-0.39, 0.29) is 21.2 Å². The SMILES string of the molecule is CCN1CCN(c2sc(C#N)c(N)c2S(=O)(=O)CC)CC1. The molecule has 21 heavy (non-hydrogen) atoms. The van der Waals surface area contributed by atoms with E-state index in [1.807, 2.05) is 11.0 Å². The van der Waals surface area contributed by atoms with Crippen LogP contribution in [0.15, 0.2) is 4.90 Å². The smallest absolute Gasteiger partial charge is 0.183 e. The average Bonchev–Trinajstić information content (AvgIpc) is 2.84. The summed E-state index contributed by atoms with van der Waals surface area (Å²) in [5, 5.41) is 9.76. The first-order chi connectivity index (χ1) is 9.94. The fourth-order valence-electron chi connectivity index (χ4n) is 2.42. The fourth-order valence-corrected chi connectivity index (χ4v) is 5.08. The van der Waals surface area contributed by atoms with Crippen LogP contribution in [0.1, 0.15) is 18.7 Å². The highest BCUT2D eigenvalue weighted by atomic mass is 32.2. The highest BCUT2D eigenvalue weighted by molar-refractivity contribution is 7.91. The van der Waals surface area contributed by atoms with Crippen LogP contribution >= 0.6 is 11.3 Å². The van der Waals surface area contributed by atoms with Gasteiger partial charge in [-0.3, -0.25) is 0 Å². The van der Waals surface area contributed by atoms with E-state index in [4.69, 9.17) is 11.0 Å². The molecule has 1 saturated heterocycles. The lowest BCUT2D eigenvalue weighted by molar-refractivity contribution is 0.271. The average molecular weight is 328 g/mol. The Bertz CT molecular complexity index is 652. The normalized spacial score (nSPS) is 16.9. The molecule has 1 fully saturated rings. The topological polar surface area (TPSA) is 90.4 Å². The Labute approximate surface area is 129 Å². The first-order valence-corrected chi connectivity index (χ1v) is 9.43. The van der Waals surface area contributed by atoms with Crippen molar-refractivity contribution in [3.63, 3.8) is 0 Å². The first-order valence-electron chi connectivity index (χ1n) is 6.97. The summed E-state index contributed by atoms with van der Waals surface area (Å²) < 4.78 is 24.6. The third kappa shape index (κ3) is 3.00. The summed E-state index contributed by atoms with van der Waals surface area (Å²) in [5.74, 6) is -0.0132. The van der Waals surface area contributed by atoms with Gasteiger partial charge in [0.25, 0.3) is 0 Å². The zero-order chi connectivity index (χ0) is 15.6. The van der Waals surface area contributed by atoms with Crippen LogP contribution in [-0.2, 0) is 9.84 Å². The molecular formula is C13H20N4O2S2. The second kappa shape index (κ2) is 6.22. The molecule has 2 heterocycles. The molecule has 1 aliphatic heterocycles. The number of sulfone groups is 1. The van der Waals surface area contributed by atoms with Crippen LogP contribution in [-0.4, -0.2) is 51.8 Å². The minimum Gasteiger partial charge on any atom is -0.396 e. The van der Waals surface area contributed by atoms with Crippen molar-refractivity contribution in [3.8, 4) is 6.07 Å². The lowest BCUT2D eigenvalue weighted by Gasteiger charge is -2.35. The van der Waals surface area contributed by atoms with Gasteiger partial charge in [0.15, 0.2) is 9.84 Å². The van der Waals surface area contributed by atoms with Crippen LogP contribution in [0.25, 0.3) is 0 Å². The molecule has 2 N–H and O–H groups in total. The maximum atomic E-state index is 12.3. The van der Waals surface area contributed by atoms with Crippen molar-refractivity contribution in [2.75, 3.05) is 49.1 Å². The summed E-state index contributed by atoms with van der Waals surface area (Å²) >= 11 is 1.19. The monoisotopic (exact) mass is 328 g/mol. The number of likely N-dealkylation sites (N-methyl/N-ethyl adjacent to an activating group) is 1. The van der Waals surface area contributed by atoms with E-state index in [9.17, 15) is 8.42 Å². The molecule has 0 saturated carbocycles. The highest BCUT2D eigenvalue weighted by Gasteiger charge is 2.30. The van der Waals surface area contributed by atoms with Gasteiger partial charge in [0.1, 0.15) is 20.8 Å². The molecule has 1 aliphatic rings. The zero-order valence-corrected chi connectivity index (χ0v) is 13.9. The fraction of sp³-hybridized carbons (Fsp3) is 0.615. The second-order valence-electron chi connectivity index (χ2n) is 4.92. The number of nitrogens with zero attached hydrogens (tertiary/aromatic N) is 3. The molecule has 0 radical (unpaired) electrons. The predicted molar refractivity (Wildman–Crippen MR) is 85.5 cm³/mol. The van der Waals surface area contributed by atoms with Crippen LogP contribution in [0.5, 0.6) is 0 Å². The van der Waals surface area contributed by atoms with Gasteiger partial charge in [0.2, 0.25) is 0 Å². The van der Waals surface area contributed by atoms with Crippen molar-refractivity contribution in [1.29, 1.82) is 5.26 Å². The summed E-state index contributed by atoms with van der Waals surface area (Å²) in [5.41, 5.74) is 6.02. The number of anilines is 2. The van der Waals surface area contributed by atoms with E-state index in [0.29, 0.717) is 5.00 Å². The first kappa shape index (κ1) is 16.1. The van der Waals surface area contributed by atoms with Gasteiger partial charge >= 0.3 is 0 Å². The van der Waals surface area contributed by atoms with Gasteiger partial charge in [-0.25, -0.2) is 8.42 Å². The molecule has 0 amide bonds. The number of hydrogen-bond donors (Lipinski definition) is 1. The summed E-state index contributed by atoms with van der Waals surface area (Å²) in [6.07, 6.45) is 0. The van der Waals surface area contributed by atoms with Crippen LogP contribution in [0.4, 0.5) is 10.7 Å². The van der Waals surface area contributed by atoms with Crippen molar-refractivity contribution < 1.29 is 8.42 Å². The maximum Gasteiger partial charge on any atom is 0.183 e. The summed E-state index contributed by atoms with van der Waals surface area (Å²) in [7, 11) is -3.44. The lowest BCUT2D eigenvalue weighted by atomic mass is 10.3. The van der Waals surface area contributed by atoms with Gasteiger partial charge in [-0.1, -0.05) is 13.8 Å². The molecule has 116 valence electrons. The Hall–Kier alpha value is -1.30. The van der Waals surface area contributed by atoms with Crippen LogP contribution < -0.4 is 10.6 Å². The third-order valence-electron chi connectivity index (χ3n) is 3.78. The third-order valence-corrected chi connectivity index (χ3v) is 6.88. The molecule has 0 spiro atoms. The number of nitriles is 1. The number of nitrogens with two attached hydrogens (primary N) is 1. The van der Waals surface area contributed by atoms with Gasteiger partial charge in [0.05, 0.1) is 11.4 Å². The Kier molecular flexibility index (Phi) is 4.76. The van der Waals surface area contributed by atoms with Crippen molar-refractivity contribution in [2.45, 2.75) is 18.7 Å². The van der Waals surface area contributed by atoms with E-state index in [2.05, 4.69) is 11.8 Å². The molecule has 8 heteroatoms. The Morgan fingerprint density at radius 3 is 2.38 bits per heavy atom. The molecule has 1 aromatic rings. The molecule has 2 rings (SSSR count). The van der Waals surface area contributed by atoms with E-state index < -0.39 is 9.84 Å². The van der Waals surface area contributed by atoms with Crippen LogP contribution in [0.3, 0.4) is 0 Å². The molecule has 0 aliphatic carbocycles. The molecular weight excluding hydrogens is 308 g/mol. The van der Waals surface area contributed by atoms with Gasteiger partial charge in [0, 0.05) is 26.2 Å².